The third-order valence-electron chi connectivity index (χ3n) is 7.09. The van der Waals surface area contributed by atoms with Gasteiger partial charge in [-0.3, -0.25) is 0 Å². The summed E-state index contributed by atoms with van der Waals surface area (Å²) >= 11 is 0. The quantitative estimate of drug-likeness (QED) is 0.206. The number of aryl methyl sites for hydroxylation is 3. The van der Waals surface area contributed by atoms with Crippen molar-refractivity contribution in [1.29, 1.82) is 0 Å². The number of hydrogen-bond acceptors (Lipinski definition) is 1. The molecule has 0 aliphatic heterocycles. The van der Waals surface area contributed by atoms with Gasteiger partial charge < -0.3 is 4.42 Å². The molecule has 0 spiro atoms. The molecule has 33 heavy (non-hydrogen) atoms. The van der Waals surface area contributed by atoms with Crippen LogP contribution in [0.3, 0.4) is 0 Å². The lowest BCUT2D eigenvalue weighted by Gasteiger charge is -2.10. The Bertz CT molecular complexity index is 1620. The molecule has 0 fully saturated rings. The highest BCUT2D eigenvalue weighted by Crippen LogP contribution is 2.45. The Morgan fingerprint density at radius 3 is 2.15 bits per heavy atom. The number of hydrogen-bond donors (Lipinski definition) is 0. The van der Waals surface area contributed by atoms with Crippen molar-refractivity contribution >= 4 is 27.6 Å². The minimum absolute atomic E-state index is 0.651. The van der Waals surface area contributed by atoms with E-state index in [-0.39, 0.29) is 0 Å². The Morgan fingerprint density at radius 2 is 1.45 bits per heavy atom. The van der Waals surface area contributed by atoms with Gasteiger partial charge in [0.2, 0.25) is 11.4 Å². The lowest BCUT2D eigenvalue weighted by molar-refractivity contribution is -0.667. The molecule has 0 aliphatic rings. The van der Waals surface area contributed by atoms with E-state index in [1.807, 2.05) is 25.1 Å². The van der Waals surface area contributed by atoms with Crippen LogP contribution in [0.2, 0.25) is 0 Å². The van der Waals surface area contributed by atoms with Gasteiger partial charge in [0.1, 0.15) is 18.2 Å². The van der Waals surface area contributed by atoms with Crippen LogP contribution in [-0.4, -0.2) is 0 Å². The third kappa shape index (κ3) is 3.06. The minimum Gasteiger partial charge on any atom is -0.456 e. The molecule has 3 nitrogen and oxygen atoms in total. The van der Waals surface area contributed by atoms with Crippen molar-refractivity contribution in [2.75, 3.05) is 0 Å². The van der Waals surface area contributed by atoms with Crippen LogP contribution in [0.1, 0.15) is 27.9 Å². The Labute approximate surface area is 194 Å². The third-order valence-corrected chi connectivity index (χ3v) is 7.09. The van der Waals surface area contributed by atoms with Gasteiger partial charge in [-0.2, -0.15) is 4.57 Å². The molecule has 2 aromatic heterocycles. The topological polar surface area (TPSA) is 21.4 Å². The smallest absolute Gasteiger partial charge is 0.216 e. The summed E-state index contributed by atoms with van der Waals surface area (Å²) in [5, 5.41) is 2.14. The molecule has 0 saturated carbocycles. The van der Waals surface area contributed by atoms with E-state index in [1.54, 1.807) is 0 Å². The van der Waals surface area contributed by atoms with E-state index < -0.39 is 0 Å². The Kier molecular flexibility index (Phi) is 4.83. The van der Waals surface area contributed by atoms with Gasteiger partial charge in [0, 0.05) is 34.9 Å². The second kappa shape index (κ2) is 7.60. The molecule has 0 atom stereocenters. The Hall–Kier alpha value is -3.90. The summed E-state index contributed by atoms with van der Waals surface area (Å²) in [6, 6.07) is 18.8. The zero-order chi connectivity index (χ0) is 23.4. The van der Waals surface area contributed by atoms with Gasteiger partial charge in [-0.1, -0.05) is 48.5 Å². The van der Waals surface area contributed by atoms with E-state index >= 15 is 0 Å². The highest BCUT2D eigenvalue weighted by Gasteiger charge is 2.25. The summed E-state index contributed by atoms with van der Waals surface area (Å²) in [5.74, 6) is 0. The first-order chi connectivity index (χ1) is 15.8. The maximum atomic E-state index is 7.87. The predicted octanol–water partition coefficient (Wildman–Crippen LogP) is 7.84. The van der Waals surface area contributed by atoms with Gasteiger partial charge >= 0.3 is 0 Å². The van der Waals surface area contributed by atoms with Crippen molar-refractivity contribution in [3.63, 3.8) is 0 Å². The van der Waals surface area contributed by atoms with Crippen molar-refractivity contribution in [2.45, 2.75) is 34.6 Å². The molecule has 2 heterocycles. The molecular weight excluding hydrogens is 404 g/mol. The largest absolute Gasteiger partial charge is 0.456 e. The highest BCUT2D eigenvalue weighted by molar-refractivity contribution is 6.15. The summed E-state index contributed by atoms with van der Waals surface area (Å²) < 4.78 is 8.97. The summed E-state index contributed by atoms with van der Waals surface area (Å²) in [4.78, 5) is 3.90. The summed E-state index contributed by atoms with van der Waals surface area (Å²) in [5.41, 5.74) is 12.4. The standard InChI is InChI=1S/C30H27N2O/c1-17-13-14-23-24-15-19(3)28(31-6)27(22-11-9-8-10-12-22)30(24)33-29(23)26(17)25-16-18(2)20(4)21(5)32(25)7/h8-16H,1-5,7H3/q+1. The first kappa shape index (κ1) is 21.0. The van der Waals surface area contributed by atoms with Crippen molar-refractivity contribution in [1.82, 2.24) is 0 Å². The SMILES string of the molecule is [C-]#[N+]c1c(C)cc2c(oc3c(-c4cc(C)c(C)c(C)[n+]4C)c(C)ccc32)c1-c1ccccc1. The van der Waals surface area contributed by atoms with Gasteiger partial charge in [-0.25, -0.2) is 4.85 Å². The monoisotopic (exact) mass is 431 g/mol. The van der Waals surface area contributed by atoms with Crippen molar-refractivity contribution in [3.8, 4) is 22.4 Å². The fraction of sp³-hybridized carbons (Fsp3) is 0.200. The molecule has 3 aromatic carbocycles. The molecule has 0 radical (unpaired) electrons. The van der Waals surface area contributed by atoms with Crippen LogP contribution >= 0.6 is 0 Å². The summed E-state index contributed by atoms with van der Waals surface area (Å²) in [6.07, 6.45) is 0. The lowest BCUT2D eigenvalue weighted by atomic mass is 9.95. The van der Waals surface area contributed by atoms with Crippen LogP contribution in [0, 0.1) is 41.2 Å². The molecule has 0 aliphatic carbocycles. The van der Waals surface area contributed by atoms with Gasteiger partial charge in [0.05, 0.1) is 12.1 Å². The van der Waals surface area contributed by atoms with Crippen LogP contribution in [-0.2, 0) is 7.05 Å². The van der Waals surface area contributed by atoms with Gasteiger partial charge in [-0.15, -0.1) is 0 Å². The van der Waals surface area contributed by atoms with E-state index in [4.69, 9.17) is 11.0 Å². The molecule has 0 saturated heterocycles. The summed E-state index contributed by atoms with van der Waals surface area (Å²) in [6.45, 7) is 18.5. The maximum Gasteiger partial charge on any atom is 0.216 e. The zero-order valence-electron chi connectivity index (χ0n) is 20.0. The molecular formula is C30H27N2O+. The molecule has 3 heteroatoms. The number of furan rings is 1. The van der Waals surface area contributed by atoms with Crippen LogP contribution in [0.15, 0.2) is 59.0 Å². The van der Waals surface area contributed by atoms with Crippen LogP contribution in [0.25, 0.3) is 49.2 Å². The van der Waals surface area contributed by atoms with E-state index in [9.17, 15) is 0 Å². The molecule has 0 unspecified atom stereocenters. The van der Waals surface area contributed by atoms with Crippen LogP contribution in [0.5, 0.6) is 0 Å². The Balaban J connectivity index is 1.96. The van der Waals surface area contributed by atoms with E-state index in [2.05, 4.69) is 80.6 Å². The molecule has 162 valence electrons. The normalized spacial score (nSPS) is 11.3. The number of aromatic nitrogens is 1. The zero-order valence-corrected chi connectivity index (χ0v) is 20.0. The second-order valence-corrected chi connectivity index (χ2v) is 8.99. The second-order valence-electron chi connectivity index (χ2n) is 8.99. The van der Waals surface area contributed by atoms with Crippen molar-refractivity contribution < 1.29 is 8.98 Å². The first-order valence-corrected chi connectivity index (χ1v) is 11.2. The first-order valence-electron chi connectivity index (χ1n) is 11.2. The number of fused-ring (bicyclic) bond motifs is 3. The van der Waals surface area contributed by atoms with E-state index in [1.165, 1.54) is 22.4 Å². The minimum atomic E-state index is 0.651. The van der Waals surface area contributed by atoms with Crippen molar-refractivity contribution in [2.24, 2.45) is 7.05 Å². The van der Waals surface area contributed by atoms with Gasteiger partial charge in [0.25, 0.3) is 0 Å². The fourth-order valence-electron chi connectivity index (χ4n) is 4.90. The van der Waals surface area contributed by atoms with E-state index in [0.717, 1.165) is 49.9 Å². The van der Waals surface area contributed by atoms with Crippen LogP contribution in [0.4, 0.5) is 5.69 Å². The van der Waals surface area contributed by atoms with E-state index in [0.29, 0.717) is 5.69 Å². The van der Waals surface area contributed by atoms with Gasteiger partial charge in [0.15, 0.2) is 5.69 Å². The number of pyridine rings is 1. The molecule has 5 rings (SSSR count). The average molecular weight is 432 g/mol. The number of benzene rings is 3. The number of nitrogens with zero attached hydrogens (tertiary/aromatic N) is 2. The maximum absolute atomic E-state index is 7.87. The fourth-order valence-corrected chi connectivity index (χ4v) is 4.90. The molecule has 0 amide bonds. The highest BCUT2D eigenvalue weighted by atomic mass is 16.3. The Morgan fingerprint density at radius 1 is 0.758 bits per heavy atom. The average Bonchev–Trinajstić information content (AvgIpc) is 3.17. The number of rotatable bonds is 2. The predicted molar refractivity (Wildman–Crippen MR) is 136 cm³/mol. The lowest BCUT2D eigenvalue weighted by Crippen LogP contribution is -2.36. The molecule has 0 bridgehead atoms. The van der Waals surface area contributed by atoms with Crippen LogP contribution < -0.4 is 4.57 Å². The van der Waals surface area contributed by atoms with Crippen molar-refractivity contribution in [3.05, 3.63) is 94.0 Å². The molecule has 5 aromatic rings. The summed E-state index contributed by atoms with van der Waals surface area (Å²) in [7, 11) is 2.12. The van der Waals surface area contributed by atoms with Gasteiger partial charge in [-0.05, 0) is 49.9 Å². The molecule has 0 N–H and O–H groups in total.